The van der Waals surface area contributed by atoms with Crippen LogP contribution in [0, 0.1) is 0 Å². The van der Waals surface area contributed by atoms with Crippen molar-refractivity contribution in [2.75, 3.05) is 11.3 Å². The Hall–Kier alpha value is -0.410. The van der Waals surface area contributed by atoms with Crippen molar-refractivity contribution < 1.29 is 8.42 Å². The average molecular weight is 454 g/mol. The molecule has 0 aliphatic heterocycles. The first-order chi connectivity index (χ1) is 9.92. The molecule has 0 unspecified atom stereocenters. The molecule has 1 aromatic carbocycles. The maximum Gasteiger partial charge on any atom is 0.271 e. The van der Waals surface area contributed by atoms with Gasteiger partial charge >= 0.3 is 0 Å². The minimum Gasteiger partial charge on any atom is -0.312 e. The molecule has 1 aromatic heterocycles. The smallest absolute Gasteiger partial charge is 0.271 e. The Morgan fingerprint density at radius 2 is 1.95 bits per heavy atom. The van der Waals surface area contributed by atoms with Crippen molar-refractivity contribution in [3.63, 3.8) is 0 Å². The second kappa shape index (κ2) is 7.23. The minimum absolute atomic E-state index is 0.310. The van der Waals surface area contributed by atoms with Crippen molar-refractivity contribution in [3.05, 3.63) is 44.2 Å². The summed E-state index contributed by atoms with van der Waals surface area (Å²) in [5.74, 6) is 0. The molecular weight excluding hydrogens is 440 g/mol. The Balaban J connectivity index is 2.19. The molecule has 8 heteroatoms. The van der Waals surface area contributed by atoms with Gasteiger partial charge in [-0.3, -0.25) is 4.72 Å². The highest BCUT2D eigenvalue weighted by Gasteiger charge is 2.18. The Morgan fingerprint density at radius 1 is 1.19 bits per heavy atom. The molecule has 0 amide bonds. The van der Waals surface area contributed by atoms with Crippen LogP contribution in [0.3, 0.4) is 0 Å². The molecule has 114 valence electrons. The number of halogens is 2. The van der Waals surface area contributed by atoms with Crippen LogP contribution in [0.25, 0.3) is 0 Å². The monoisotopic (exact) mass is 452 g/mol. The largest absolute Gasteiger partial charge is 0.312 e. The van der Waals surface area contributed by atoms with E-state index in [0.29, 0.717) is 20.9 Å². The summed E-state index contributed by atoms with van der Waals surface area (Å²) in [4.78, 5) is 0.993. The summed E-state index contributed by atoms with van der Waals surface area (Å²) in [7, 11) is -3.56. The Morgan fingerprint density at radius 3 is 2.62 bits per heavy atom. The molecule has 0 atom stereocenters. The van der Waals surface area contributed by atoms with E-state index in [1.54, 1.807) is 24.3 Å². The van der Waals surface area contributed by atoms with Gasteiger partial charge in [0.25, 0.3) is 10.0 Å². The van der Waals surface area contributed by atoms with E-state index in [1.807, 2.05) is 13.0 Å². The summed E-state index contributed by atoms with van der Waals surface area (Å²) in [5, 5.41) is 3.18. The normalized spacial score (nSPS) is 11.6. The molecule has 2 N–H and O–H groups in total. The van der Waals surface area contributed by atoms with E-state index in [2.05, 4.69) is 41.9 Å². The third-order valence-corrected chi connectivity index (χ3v) is 6.72. The third kappa shape index (κ3) is 4.53. The molecule has 0 aliphatic carbocycles. The first-order valence-corrected chi connectivity index (χ1v) is 10.1. The van der Waals surface area contributed by atoms with Crippen LogP contribution in [0.15, 0.2) is 43.5 Å². The van der Waals surface area contributed by atoms with Gasteiger partial charge in [0.15, 0.2) is 0 Å². The van der Waals surface area contributed by atoms with E-state index in [4.69, 9.17) is 0 Å². The van der Waals surface area contributed by atoms with Crippen molar-refractivity contribution in [3.8, 4) is 0 Å². The van der Waals surface area contributed by atoms with Crippen LogP contribution in [-0.4, -0.2) is 15.0 Å². The predicted molar refractivity (Wildman–Crippen MR) is 94.4 cm³/mol. The zero-order valence-electron chi connectivity index (χ0n) is 11.2. The lowest BCUT2D eigenvalue weighted by atomic mass is 10.3. The quantitative estimate of drug-likeness (QED) is 0.689. The van der Waals surface area contributed by atoms with E-state index in [-0.39, 0.29) is 0 Å². The van der Waals surface area contributed by atoms with Gasteiger partial charge in [-0.1, -0.05) is 22.9 Å². The van der Waals surface area contributed by atoms with Gasteiger partial charge in [0.05, 0.1) is 5.69 Å². The maximum absolute atomic E-state index is 12.4. The lowest BCUT2D eigenvalue weighted by Gasteiger charge is -2.08. The highest BCUT2D eigenvalue weighted by molar-refractivity contribution is 9.11. The standard InChI is InChI=1S/C13H14Br2N2O2S2/c1-2-16-8-10-4-6-13(20-10)21(18,19)17-12-5-3-9(14)7-11(12)15/h3-7,16-17H,2,8H2,1H3. The summed E-state index contributed by atoms with van der Waals surface area (Å²) in [6.45, 7) is 3.54. The Kier molecular flexibility index (Phi) is 5.84. The highest BCUT2D eigenvalue weighted by atomic mass is 79.9. The number of benzene rings is 1. The molecule has 1 heterocycles. The van der Waals surface area contributed by atoms with Gasteiger partial charge in [0.1, 0.15) is 4.21 Å². The lowest BCUT2D eigenvalue weighted by molar-refractivity contribution is 0.603. The van der Waals surface area contributed by atoms with Gasteiger partial charge in [0.2, 0.25) is 0 Å². The van der Waals surface area contributed by atoms with E-state index in [0.717, 1.165) is 15.9 Å². The van der Waals surface area contributed by atoms with Crippen LogP contribution >= 0.6 is 43.2 Å². The summed E-state index contributed by atoms with van der Waals surface area (Å²) in [6.07, 6.45) is 0. The van der Waals surface area contributed by atoms with Crippen molar-refractivity contribution >= 4 is 58.9 Å². The third-order valence-electron chi connectivity index (χ3n) is 2.63. The van der Waals surface area contributed by atoms with Crippen molar-refractivity contribution in [2.45, 2.75) is 17.7 Å². The van der Waals surface area contributed by atoms with Gasteiger partial charge in [-0.05, 0) is 52.8 Å². The number of hydrogen-bond donors (Lipinski definition) is 2. The minimum atomic E-state index is -3.56. The number of sulfonamides is 1. The fraction of sp³-hybridized carbons (Fsp3) is 0.231. The summed E-state index contributed by atoms with van der Waals surface area (Å²) in [5.41, 5.74) is 0.514. The summed E-state index contributed by atoms with van der Waals surface area (Å²) < 4.78 is 29.2. The molecule has 4 nitrogen and oxygen atoms in total. The average Bonchev–Trinajstić information content (AvgIpc) is 2.89. The summed E-state index contributed by atoms with van der Waals surface area (Å²) in [6, 6.07) is 8.75. The van der Waals surface area contributed by atoms with Crippen molar-refractivity contribution in [2.24, 2.45) is 0 Å². The van der Waals surface area contributed by atoms with Crippen LogP contribution in [0.5, 0.6) is 0 Å². The van der Waals surface area contributed by atoms with Gasteiger partial charge in [0, 0.05) is 20.4 Å². The molecule has 0 bridgehead atoms. The van der Waals surface area contributed by atoms with Gasteiger partial charge in [-0.15, -0.1) is 11.3 Å². The molecule has 0 aliphatic rings. The zero-order chi connectivity index (χ0) is 15.5. The number of anilines is 1. The number of hydrogen-bond acceptors (Lipinski definition) is 4. The molecule has 0 saturated carbocycles. The molecule has 0 saturated heterocycles. The zero-order valence-corrected chi connectivity index (χ0v) is 16.0. The second-order valence-corrected chi connectivity index (χ2v) is 9.08. The number of thiophene rings is 1. The number of nitrogens with one attached hydrogen (secondary N) is 2. The van der Waals surface area contributed by atoms with Crippen LogP contribution in [-0.2, 0) is 16.6 Å². The van der Waals surface area contributed by atoms with E-state index in [1.165, 1.54) is 11.3 Å². The number of rotatable bonds is 6. The van der Waals surface area contributed by atoms with Crippen molar-refractivity contribution in [1.82, 2.24) is 5.32 Å². The van der Waals surface area contributed by atoms with E-state index < -0.39 is 10.0 Å². The fourth-order valence-corrected chi connectivity index (χ4v) is 5.30. The molecule has 2 rings (SSSR count). The first-order valence-electron chi connectivity index (χ1n) is 6.19. The lowest BCUT2D eigenvalue weighted by Crippen LogP contribution is -2.12. The predicted octanol–water partition coefficient (Wildman–Crippen LogP) is 4.18. The van der Waals surface area contributed by atoms with Crippen LogP contribution in [0.4, 0.5) is 5.69 Å². The maximum atomic E-state index is 12.4. The highest BCUT2D eigenvalue weighted by Crippen LogP contribution is 2.30. The van der Waals surface area contributed by atoms with Crippen molar-refractivity contribution in [1.29, 1.82) is 0 Å². The van der Waals surface area contributed by atoms with Crippen LogP contribution in [0.1, 0.15) is 11.8 Å². The SMILES string of the molecule is CCNCc1ccc(S(=O)(=O)Nc2ccc(Br)cc2Br)s1. The molecule has 0 spiro atoms. The van der Waals surface area contributed by atoms with Gasteiger partial charge in [-0.25, -0.2) is 8.42 Å². The van der Waals surface area contributed by atoms with E-state index in [9.17, 15) is 8.42 Å². The Labute approximate surface area is 145 Å². The molecule has 21 heavy (non-hydrogen) atoms. The molecule has 2 aromatic rings. The van der Waals surface area contributed by atoms with Crippen LogP contribution < -0.4 is 10.0 Å². The first kappa shape index (κ1) is 17.0. The molecule has 0 radical (unpaired) electrons. The molecule has 0 fully saturated rings. The van der Waals surface area contributed by atoms with Gasteiger partial charge < -0.3 is 5.32 Å². The summed E-state index contributed by atoms with van der Waals surface area (Å²) >= 11 is 7.95. The second-order valence-electron chi connectivity index (χ2n) is 4.23. The van der Waals surface area contributed by atoms with Gasteiger partial charge in [-0.2, -0.15) is 0 Å². The fourth-order valence-electron chi connectivity index (χ4n) is 1.61. The van der Waals surface area contributed by atoms with Crippen LogP contribution in [0.2, 0.25) is 0 Å². The topological polar surface area (TPSA) is 58.2 Å². The molecular formula is C13H14Br2N2O2S2. The Bertz CT molecular complexity index is 730. The van der Waals surface area contributed by atoms with E-state index >= 15 is 0 Å².